The molecule has 0 saturated heterocycles. The molecule has 1 aromatic rings. The zero-order chi connectivity index (χ0) is 17.0. The highest BCUT2D eigenvalue weighted by Crippen LogP contribution is 2.59. The third-order valence-corrected chi connectivity index (χ3v) is 6.72. The van der Waals surface area contributed by atoms with E-state index >= 15 is 0 Å². The molecule has 0 radical (unpaired) electrons. The summed E-state index contributed by atoms with van der Waals surface area (Å²) in [5.74, 6) is 2.07. The van der Waals surface area contributed by atoms with Gasteiger partial charge in [-0.25, -0.2) is 0 Å². The molecule has 2 aliphatic rings. The van der Waals surface area contributed by atoms with Gasteiger partial charge in [0.15, 0.2) is 11.5 Å². The van der Waals surface area contributed by atoms with Gasteiger partial charge in [0.2, 0.25) is 0 Å². The maximum Gasteiger partial charge on any atom is 0.164 e. The van der Waals surface area contributed by atoms with Crippen LogP contribution in [0.4, 0.5) is 0 Å². The highest BCUT2D eigenvalue weighted by atomic mass is 16.5. The van der Waals surface area contributed by atoms with Crippen molar-refractivity contribution in [3.8, 4) is 11.5 Å². The standard InChI is InChI=1S/C21H32O2/c1-13(2)18-14-8-9-17-20(3,4)10-7-11-21(17,5)15(14)12-16(22)19(18)23-6/h12-13,17,22H,7-11H2,1-6H3. The van der Waals surface area contributed by atoms with Crippen LogP contribution in [0.15, 0.2) is 6.07 Å². The van der Waals surface area contributed by atoms with Crippen LogP contribution < -0.4 is 4.74 Å². The van der Waals surface area contributed by atoms with Crippen molar-refractivity contribution in [2.45, 2.75) is 78.1 Å². The summed E-state index contributed by atoms with van der Waals surface area (Å²) >= 11 is 0. The Morgan fingerprint density at radius 3 is 2.52 bits per heavy atom. The van der Waals surface area contributed by atoms with E-state index in [1.54, 1.807) is 7.11 Å². The van der Waals surface area contributed by atoms with E-state index in [-0.39, 0.29) is 5.41 Å². The van der Waals surface area contributed by atoms with Crippen molar-refractivity contribution in [2.75, 3.05) is 7.11 Å². The second-order valence-corrected chi connectivity index (χ2v) is 8.87. The number of methoxy groups -OCH3 is 1. The van der Waals surface area contributed by atoms with Crippen LogP contribution in [-0.4, -0.2) is 12.2 Å². The smallest absolute Gasteiger partial charge is 0.164 e. The Hall–Kier alpha value is -1.18. The summed E-state index contributed by atoms with van der Waals surface area (Å²) in [6.45, 7) is 11.7. The second kappa shape index (κ2) is 5.43. The molecule has 0 heterocycles. The Bertz CT molecular complexity index is 615. The summed E-state index contributed by atoms with van der Waals surface area (Å²) in [4.78, 5) is 0. The fourth-order valence-electron chi connectivity index (χ4n) is 5.76. The normalized spacial score (nSPS) is 29.1. The van der Waals surface area contributed by atoms with Gasteiger partial charge in [0.1, 0.15) is 0 Å². The Kier molecular flexibility index (Phi) is 3.93. The Labute approximate surface area is 141 Å². The molecule has 1 N–H and O–H groups in total. The van der Waals surface area contributed by atoms with Gasteiger partial charge in [0.25, 0.3) is 0 Å². The molecule has 1 fully saturated rings. The van der Waals surface area contributed by atoms with Crippen LogP contribution in [0.1, 0.15) is 82.9 Å². The van der Waals surface area contributed by atoms with Crippen LogP contribution in [0.25, 0.3) is 0 Å². The lowest BCUT2D eigenvalue weighted by atomic mass is 9.50. The molecule has 1 aromatic carbocycles. The minimum atomic E-state index is 0.183. The largest absolute Gasteiger partial charge is 0.504 e. The number of aromatic hydroxyl groups is 1. The van der Waals surface area contributed by atoms with Gasteiger partial charge in [-0.1, -0.05) is 41.0 Å². The monoisotopic (exact) mass is 316 g/mol. The van der Waals surface area contributed by atoms with Gasteiger partial charge in [-0.2, -0.15) is 0 Å². The van der Waals surface area contributed by atoms with E-state index in [2.05, 4.69) is 34.6 Å². The summed E-state index contributed by atoms with van der Waals surface area (Å²) in [6.07, 6.45) is 6.20. The van der Waals surface area contributed by atoms with Crippen molar-refractivity contribution in [1.82, 2.24) is 0 Å². The van der Waals surface area contributed by atoms with E-state index in [4.69, 9.17) is 4.74 Å². The Balaban J connectivity index is 2.23. The molecule has 2 heteroatoms. The van der Waals surface area contributed by atoms with Crippen LogP contribution in [0.2, 0.25) is 0 Å². The van der Waals surface area contributed by atoms with Crippen molar-refractivity contribution < 1.29 is 9.84 Å². The predicted molar refractivity (Wildman–Crippen MR) is 95.5 cm³/mol. The third kappa shape index (κ3) is 2.37. The predicted octanol–water partition coefficient (Wildman–Crippen LogP) is 5.55. The highest BCUT2D eigenvalue weighted by molar-refractivity contribution is 5.58. The first-order valence-corrected chi connectivity index (χ1v) is 9.15. The van der Waals surface area contributed by atoms with E-state index in [0.717, 1.165) is 6.42 Å². The van der Waals surface area contributed by atoms with Gasteiger partial charge in [-0.05, 0) is 65.5 Å². The molecule has 2 unspecified atom stereocenters. The van der Waals surface area contributed by atoms with Gasteiger partial charge < -0.3 is 9.84 Å². The van der Waals surface area contributed by atoms with E-state index in [1.165, 1.54) is 42.4 Å². The van der Waals surface area contributed by atoms with Crippen molar-refractivity contribution >= 4 is 0 Å². The summed E-state index contributed by atoms with van der Waals surface area (Å²) in [6, 6.07) is 2.02. The quantitative estimate of drug-likeness (QED) is 0.774. The summed E-state index contributed by atoms with van der Waals surface area (Å²) < 4.78 is 5.56. The SMILES string of the molecule is COc1c(O)cc2c(c1C(C)C)CCC1C(C)(C)CCCC21C. The first kappa shape index (κ1) is 16.7. The Morgan fingerprint density at radius 2 is 1.91 bits per heavy atom. The number of fused-ring (bicyclic) bond motifs is 3. The lowest BCUT2D eigenvalue weighted by Crippen LogP contribution is -2.48. The first-order valence-electron chi connectivity index (χ1n) is 9.15. The first-order chi connectivity index (χ1) is 10.7. The molecular weight excluding hydrogens is 284 g/mol. The minimum absolute atomic E-state index is 0.183. The van der Waals surface area contributed by atoms with E-state index < -0.39 is 0 Å². The zero-order valence-electron chi connectivity index (χ0n) is 15.6. The number of hydrogen-bond acceptors (Lipinski definition) is 2. The molecule has 0 spiro atoms. The molecule has 0 amide bonds. The van der Waals surface area contributed by atoms with Gasteiger partial charge in [0.05, 0.1) is 7.11 Å². The van der Waals surface area contributed by atoms with Gasteiger partial charge in [0, 0.05) is 5.56 Å². The number of rotatable bonds is 2. The van der Waals surface area contributed by atoms with Crippen molar-refractivity contribution in [3.05, 3.63) is 22.8 Å². The van der Waals surface area contributed by atoms with E-state index in [0.29, 0.717) is 28.7 Å². The topological polar surface area (TPSA) is 29.5 Å². The number of phenolic OH excluding ortho intramolecular Hbond substituents is 1. The molecule has 0 bridgehead atoms. The minimum Gasteiger partial charge on any atom is -0.504 e. The summed E-state index contributed by atoms with van der Waals surface area (Å²) in [5, 5.41) is 10.6. The molecule has 23 heavy (non-hydrogen) atoms. The van der Waals surface area contributed by atoms with Gasteiger partial charge >= 0.3 is 0 Å². The van der Waals surface area contributed by atoms with E-state index in [1.807, 2.05) is 6.07 Å². The zero-order valence-corrected chi connectivity index (χ0v) is 15.6. The van der Waals surface area contributed by atoms with Crippen LogP contribution in [-0.2, 0) is 11.8 Å². The average molecular weight is 316 g/mol. The summed E-state index contributed by atoms with van der Waals surface area (Å²) in [7, 11) is 1.67. The highest BCUT2D eigenvalue weighted by Gasteiger charge is 2.50. The number of phenols is 1. The fraction of sp³-hybridized carbons (Fsp3) is 0.714. The Morgan fingerprint density at radius 1 is 1.22 bits per heavy atom. The molecule has 0 aromatic heterocycles. The van der Waals surface area contributed by atoms with E-state index in [9.17, 15) is 5.11 Å². The number of hydrogen-bond donors (Lipinski definition) is 1. The molecule has 1 saturated carbocycles. The maximum absolute atomic E-state index is 10.6. The van der Waals surface area contributed by atoms with Gasteiger partial charge in [-0.15, -0.1) is 0 Å². The number of ether oxygens (including phenoxy) is 1. The molecule has 3 rings (SSSR count). The molecule has 128 valence electrons. The molecule has 2 aliphatic carbocycles. The molecular formula is C21H32O2. The van der Waals surface area contributed by atoms with Crippen molar-refractivity contribution in [3.63, 3.8) is 0 Å². The molecule has 2 nitrogen and oxygen atoms in total. The van der Waals surface area contributed by atoms with Crippen molar-refractivity contribution in [1.29, 1.82) is 0 Å². The van der Waals surface area contributed by atoms with Crippen molar-refractivity contribution in [2.24, 2.45) is 11.3 Å². The summed E-state index contributed by atoms with van der Waals surface area (Å²) in [5.41, 5.74) is 4.64. The lowest BCUT2D eigenvalue weighted by molar-refractivity contribution is 0.0402. The lowest BCUT2D eigenvalue weighted by Gasteiger charge is -2.54. The second-order valence-electron chi connectivity index (χ2n) is 8.87. The number of benzene rings is 1. The third-order valence-electron chi connectivity index (χ3n) is 6.72. The maximum atomic E-state index is 10.6. The molecule has 0 aliphatic heterocycles. The van der Waals surface area contributed by atoms with Crippen LogP contribution in [0, 0.1) is 11.3 Å². The molecule has 2 atom stereocenters. The van der Waals surface area contributed by atoms with Crippen LogP contribution in [0.3, 0.4) is 0 Å². The van der Waals surface area contributed by atoms with Gasteiger partial charge in [-0.3, -0.25) is 0 Å². The fourth-order valence-corrected chi connectivity index (χ4v) is 5.76. The van der Waals surface area contributed by atoms with Crippen LogP contribution in [0.5, 0.6) is 11.5 Å². The van der Waals surface area contributed by atoms with Crippen LogP contribution >= 0.6 is 0 Å². The average Bonchev–Trinajstić information content (AvgIpc) is 2.45.